The van der Waals surface area contributed by atoms with Gasteiger partial charge >= 0.3 is 38.7 Å². The molecule has 0 spiro atoms. The van der Waals surface area contributed by atoms with Gasteiger partial charge in [-0.15, -0.1) is 0 Å². The Morgan fingerprint density at radius 2 is 1.73 bits per heavy atom. The minimum absolute atomic E-state index is 0. The van der Waals surface area contributed by atoms with E-state index in [1.165, 1.54) is 12.1 Å². The van der Waals surface area contributed by atoms with Gasteiger partial charge in [0.05, 0.1) is 11.3 Å². The third-order valence-electron chi connectivity index (χ3n) is 2.67. The number of rotatable bonds is 6. The van der Waals surface area contributed by atoms with E-state index in [0.29, 0.717) is 5.56 Å². The fraction of sp³-hybridized carbons (Fsp3) is 0.333. The Labute approximate surface area is 184 Å². The summed E-state index contributed by atoms with van der Waals surface area (Å²) in [5, 5.41) is 8.07. The molecule has 0 aliphatic heterocycles. The second kappa shape index (κ2) is 14.2. The summed E-state index contributed by atoms with van der Waals surface area (Å²) in [5.41, 5.74) is 0.468. The van der Waals surface area contributed by atoms with Crippen molar-refractivity contribution < 1.29 is 83.7 Å². The van der Waals surface area contributed by atoms with Crippen LogP contribution in [0, 0.1) is 20.8 Å². The number of carbonyl (C=O) groups is 1. The first-order chi connectivity index (χ1) is 9.41. The molecule has 0 bridgehead atoms. The number of sulfone groups is 1. The van der Waals surface area contributed by atoms with E-state index in [0.717, 1.165) is 0 Å². The molecule has 4 nitrogen and oxygen atoms in total. The molecule has 0 aromatic heterocycles. The van der Waals surface area contributed by atoms with E-state index in [4.69, 9.17) is 5.11 Å². The molecule has 0 fully saturated rings. The molecule has 1 aromatic rings. The third kappa shape index (κ3) is 8.63. The van der Waals surface area contributed by atoms with Crippen molar-refractivity contribution in [2.45, 2.75) is 36.3 Å². The molecule has 0 atom stereocenters. The summed E-state index contributed by atoms with van der Waals surface area (Å²) in [6, 6.07) is 6.02. The van der Waals surface area contributed by atoms with E-state index in [2.05, 4.69) is 20.8 Å². The first-order valence-corrected chi connectivity index (χ1v) is 7.80. The van der Waals surface area contributed by atoms with Gasteiger partial charge < -0.3 is 25.9 Å². The van der Waals surface area contributed by atoms with E-state index < -0.39 is 21.1 Å². The summed E-state index contributed by atoms with van der Waals surface area (Å²) in [7, 11) is -3.48. The Kier molecular flexibility index (Phi) is 17.9. The Hall–Kier alpha value is 0.848. The molecule has 0 saturated heterocycles. The maximum atomic E-state index is 12.2. The topological polar surface area (TPSA) is 71.4 Å². The van der Waals surface area contributed by atoms with Gasteiger partial charge in [0, 0.05) is 38.0 Å². The van der Waals surface area contributed by atoms with E-state index in [1.54, 1.807) is 19.1 Å². The van der Waals surface area contributed by atoms with Gasteiger partial charge in [0.1, 0.15) is 0 Å². The van der Waals surface area contributed by atoms with E-state index in [1.807, 2.05) is 0 Å². The predicted octanol–water partition coefficient (Wildman–Crippen LogP) is 2.74. The Morgan fingerprint density at radius 3 is 2.14 bits per heavy atom. The minimum Gasteiger partial charge on any atom is -0.481 e. The van der Waals surface area contributed by atoms with Gasteiger partial charge in [0.15, 0.2) is 9.84 Å². The zero-order chi connectivity index (χ0) is 15.8. The van der Waals surface area contributed by atoms with Crippen LogP contribution in [-0.4, -0.2) is 24.7 Å². The molecule has 0 aliphatic carbocycles. The maximum Gasteiger partial charge on any atom is 3.00 e. The molecule has 22 heavy (non-hydrogen) atoms. The first kappa shape index (κ1) is 27.7. The average Bonchev–Trinajstić information content (AvgIpc) is 2.41. The number of benzene rings is 1. The van der Waals surface area contributed by atoms with Gasteiger partial charge in [-0.25, -0.2) is 8.42 Å². The molecular weight excluding hydrogens is 454 g/mol. The molecular formula is C15H21O4SY2. The maximum absolute atomic E-state index is 12.2. The second-order valence-electron chi connectivity index (χ2n) is 3.96. The van der Waals surface area contributed by atoms with E-state index in [-0.39, 0.29) is 89.6 Å². The van der Waals surface area contributed by atoms with Crippen LogP contribution in [0.25, 0.3) is 0 Å². The van der Waals surface area contributed by atoms with Crippen molar-refractivity contribution in [2.24, 2.45) is 0 Å². The van der Waals surface area contributed by atoms with Crippen molar-refractivity contribution in [3.63, 3.8) is 0 Å². The zero-order valence-electron chi connectivity index (χ0n) is 12.9. The quantitative estimate of drug-likeness (QED) is 0.643. The number of hydrogen-bond donors (Lipinski definition) is 1. The Balaban J connectivity index is -0.000000864. The van der Waals surface area contributed by atoms with Gasteiger partial charge in [0.25, 0.3) is 0 Å². The van der Waals surface area contributed by atoms with Gasteiger partial charge in [0.2, 0.25) is 0 Å². The monoisotopic (exact) mass is 475 g/mol. The van der Waals surface area contributed by atoms with Crippen molar-refractivity contribution in [1.29, 1.82) is 0 Å². The Morgan fingerprint density at radius 1 is 1.23 bits per heavy atom. The van der Waals surface area contributed by atoms with Crippen molar-refractivity contribution in [2.75, 3.05) is 0 Å². The van der Waals surface area contributed by atoms with Crippen LogP contribution in [0.15, 0.2) is 29.2 Å². The molecule has 0 unspecified atom stereocenters. The van der Waals surface area contributed by atoms with E-state index >= 15 is 0 Å². The zero-order valence-corrected chi connectivity index (χ0v) is 19.4. The van der Waals surface area contributed by atoms with Crippen molar-refractivity contribution in [1.82, 2.24) is 0 Å². The molecule has 0 saturated carbocycles. The predicted molar refractivity (Wildman–Crippen MR) is 79.7 cm³/mol. The number of carboxylic acid groups (broad SMARTS) is 1. The number of aliphatic carboxylic acids is 1. The molecule has 0 heterocycles. The molecule has 117 valence electrons. The van der Waals surface area contributed by atoms with Gasteiger partial charge in [-0.1, -0.05) is 12.1 Å². The van der Waals surface area contributed by atoms with Crippen LogP contribution >= 0.6 is 0 Å². The van der Waals surface area contributed by atoms with Crippen LogP contribution in [-0.2, 0) is 86.5 Å². The van der Waals surface area contributed by atoms with Crippen LogP contribution in [0.4, 0.5) is 0 Å². The molecule has 1 N–H and O–H groups in total. The standard InChI is InChI=1S/C13H16O4S.C2H5.2Y/c1-3-11(4-2)18(16,17)12-7-5-6-10(8-12)9-13(14)15;1-2;;/h5-8,11H,1-4,9H2,(H,14,15);1H2,2H3;;/q-2;-1;;+3. The normalized spacial score (nSPS) is 9.86. The summed E-state index contributed by atoms with van der Waals surface area (Å²) in [4.78, 5) is 10.7. The third-order valence-corrected chi connectivity index (χ3v) is 4.93. The number of hydrogen-bond acceptors (Lipinski definition) is 3. The van der Waals surface area contributed by atoms with Crippen molar-refractivity contribution in [3.8, 4) is 0 Å². The van der Waals surface area contributed by atoms with Crippen LogP contribution in [0.2, 0.25) is 0 Å². The minimum atomic E-state index is -3.48. The molecule has 1 aromatic carbocycles. The molecule has 1 rings (SSSR count). The SMILES string of the molecule is [CH2-]C.[CH2-]CC(C[CH2-])S(=O)(=O)c1cccc(CC(=O)O)c1.[Y+3].[Y]. The summed E-state index contributed by atoms with van der Waals surface area (Å²) in [5.74, 6) is -0.990. The smallest absolute Gasteiger partial charge is 0.481 e. The fourth-order valence-corrected chi connectivity index (χ4v) is 3.24. The van der Waals surface area contributed by atoms with Crippen LogP contribution in [0.5, 0.6) is 0 Å². The van der Waals surface area contributed by atoms with Gasteiger partial charge in [-0.05, 0) is 17.7 Å². The summed E-state index contributed by atoms with van der Waals surface area (Å²) < 4.78 is 24.4. The summed E-state index contributed by atoms with van der Waals surface area (Å²) in [6.45, 7) is 12.2. The largest absolute Gasteiger partial charge is 3.00 e. The molecule has 1 radical (unpaired) electrons. The molecule has 0 amide bonds. The van der Waals surface area contributed by atoms with Crippen LogP contribution in [0.1, 0.15) is 25.3 Å². The molecule has 0 aliphatic rings. The van der Waals surface area contributed by atoms with Crippen molar-refractivity contribution >= 4 is 15.8 Å². The number of carboxylic acids is 1. The van der Waals surface area contributed by atoms with E-state index in [9.17, 15) is 13.2 Å². The molecule has 7 heteroatoms. The summed E-state index contributed by atoms with van der Waals surface area (Å²) in [6.07, 6.45) is 0.298. The first-order valence-electron chi connectivity index (χ1n) is 6.25. The van der Waals surface area contributed by atoms with Gasteiger partial charge in [-0.2, -0.15) is 19.8 Å². The summed E-state index contributed by atoms with van der Waals surface area (Å²) >= 11 is 0. The second-order valence-corrected chi connectivity index (χ2v) is 6.19. The van der Waals surface area contributed by atoms with Gasteiger partial charge in [-0.3, -0.25) is 4.79 Å². The average molecular weight is 475 g/mol. The van der Waals surface area contributed by atoms with Crippen LogP contribution < -0.4 is 0 Å². The Bertz CT molecular complexity index is 526. The fourth-order valence-electron chi connectivity index (χ4n) is 1.65. The van der Waals surface area contributed by atoms with Crippen LogP contribution in [0.3, 0.4) is 0 Å². The van der Waals surface area contributed by atoms with Crippen molar-refractivity contribution in [3.05, 3.63) is 50.6 Å².